The Balaban J connectivity index is 1.88. The van der Waals surface area contributed by atoms with Gasteiger partial charge >= 0.3 is 0 Å². The van der Waals surface area contributed by atoms with Crippen molar-refractivity contribution in [2.24, 2.45) is 4.99 Å². The Bertz CT molecular complexity index is 891. The van der Waals surface area contributed by atoms with Crippen molar-refractivity contribution < 1.29 is 9.53 Å². The van der Waals surface area contributed by atoms with Gasteiger partial charge in [0.1, 0.15) is 5.75 Å². The molecule has 0 spiro atoms. The molecule has 0 unspecified atom stereocenters. The van der Waals surface area contributed by atoms with Crippen LogP contribution in [0, 0.1) is 0 Å². The maximum Gasteiger partial charge on any atom is 0.266 e. The fourth-order valence-corrected chi connectivity index (χ4v) is 3.79. The van der Waals surface area contributed by atoms with Gasteiger partial charge in [-0.1, -0.05) is 23.7 Å². The zero-order valence-electron chi connectivity index (χ0n) is 15.5. The molecule has 1 saturated heterocycles. The Hall–Kier alpha value is -2.24. The Kier molecular flexibility index (Phi) is 6.24. The summed E-state index contributed by atoms with van der Waals surface area (Å²) in [4.78, 5) is 19.7. The lowest BCUT2D eigenvalue weighted by atomic mass is 10.2. The molecule has 1 amide bonds. The molecule has 140 valence electrons. The third-order valence-corrected chi connectivity index (χ3v) is 5.04. The standard InChI is InChI=1S/C21H21ClN2O2S/c1-4-24-20(25)19(13-15-6-5-7-18(12-15)26-14(2)3)27-21(24)23-17-10-8-16(22)9-11-17/h5-14H,4H2,1-3H3/b19-13+,23-21?. The number of aliphatic imine (C=N–C) groups is 1. The van der Waals surface area contributed by atoms with E-state index in [2.05, 4.69) is 4.99 Å². The molecule has 3 rings (SSSR count). The Morgan fingerprint density at radius 1 is 1.22 bits per heavy atom. The third-order valence-electron chi connectivity index (χ3n) is 3.78. The molecule has 0 atom stereocenters. The van der Waals surface area contributed by atoms with E-state index >= 15 is 0 Å². The zero-order chi connectivity index (χ0) is 19.4. The second kappa shape index (κ2) is 8.63. The number of ether oxygens (including phenoxy) is 1. The van der Waals surface area contributed by atoms with Crippen LogP contribution in [0.25, 0.3) is 6.08 Å². The minimum atomic E-state index is -0.0367. The third kappa shape index (κ3) is 4.93. The molecule has 1 fully saturated rings. The largest absolute Gasteiger partial charge is 0.491 e. The minimum Gasteiger partial charge on any atom is -0.491 e. The van der Waals surface area contributed by atoms with E-state index in [0.29, 0.717) is 21.6 Å². The van der Waals surface area contributed by atoms with Crippen LogP contribution in [0.15, 0.2) is 58.4 Å². The van der Waals surface area contributed by atoms with Crippen molar-refractivity contribution in [2.75, 3.05) is 6.54 Å². The Morgan fingerprint density at radius 2 is 1.96 bits per heavy atom. The molecular formula is C21H21ClN2O2S. The van der Waals surface area contributed by atoms with Crippen LogP contribution in [0.4, 0.5) is 5.69 Å². The summed E-state index contributed by atoms with van der Waals surface area (Å²) < 4.78 is 5.73. The van der Waals surface area contributed by atoms with E-state index in [1.54, 1.807) is 17.0 Å². The lowest BCUT2D eigenvalue weighted by Crippen LogP contribution is -2.28. The van der Waals surface area contributed by atoms with E-state index in [1.807, 2.05) is 63.2 Å². The van der Waals surface area contributed by atoms with Crippen LogP contribution in [0.5, 0.6) is 5.75 Å². The fraction of sp³-hybridized carbons (Fsp3) is 0.238. The lowest BCUT2D eigenvalue weighted by Gasteiger charge is -2.12. The van der Waals surface area contributed by atoms with Crippen molar-refractivity contribution in [3.8, 4) is 5.75 Å². The van der Waals surface area contributed by atoms with E-state index < -0.39 is 0 Å². The van der Waals surface area contributed by atoms with Crippen LogP contribution >= 0.6 is 23.4 Å². The molecule has 2 aromatic carbocycles. The highest BCUT2D eigenvalue weighted by Crippen LogP contribution is 2.34. The van der Waals surface area contributed by atoms with Crippen LogP contribution < -0.4 is 4.74 Å². The summed E-state index contributed by atoms with van der Waals surface area (Å²) in [6.45, 7) is 6.47. The van der Waals surface area contributed by atoms with Crippen molar-refractivity contribution >= 4 is 46.2 Å². The summed E-state index contributed by atoms with van der Waals surface area (Å²) in [5.74, 6) is 0.752. The summed E-state index contributed by atoms with van der Waals surface area (Å²) in [7, 11) is 0. The van der Waals surface area contributed by atoms with Gasteiger partial charge in [0, 0.05) is 11.6 Å². The van der Waals surface area contributed by atoms with Gasteiger partial charge in [0.05, 0.1) is 16.7 Å². The van der Waals surface area contributed by atoms with Crippen molar-refractivity contribution in [1.29, 1.82) is 0 Å². The van der Waals surface area contributed by atoms with E-state index in [0.717, 1.165) is 17.0 Å². The summed E-state index contributed by atoms with van der Waals surface area (Å²) >= 11 is 7.31. The van der Waals surface area contributed by atoms with Gasteiger partial charge in [-0.05, 0) is 80.6 Å². The Labute approximate surface area is 168 Å². The molecule has 6 heteroatoms. The van der Waals surface area contributed by atoms with E-state index in [4.69, 9.17) is 16.3 Å². The Morgan fingerprint density at radius 3 is 2.63 bits per heavy atom. The maximum atomic E-state index is 12.8. The maximum absolute atomic E-state index is 12.8. The van der Waals surface area contributed by atoms with Gasteiger partial charge in [-0.25, -0.2) is 4.99 Å². The number of hydrogen-bond donors (Lipinski definition) is 0. The predicted octanol–water partition coefficient (Wildman–Crippen LogP) is 5.75. The number of nitrogens with zero attached hydrogens (tertiary/aromatic N) is 2. The predicted molar refractivity (Wildman–Crippen MR) is 114 cm³/mol. The molecule has 2 aromatic rings. The normalized spacial score (nSPS) is 17.4. The van der Waals surface area contributed by atoms with E-state index in [1.165, 1.54) is 11.8 Å². The molecular weight excluding hydrogens is 380 g/mol. The molecule has 1 aliphatic heterocycles. The molecule has 4 nitrogen and oxygen atoms in total. The number of carbonyl (C=O) groups excluding carboxylic acids is 1. The smallest absolute Gasteiger partial charge is 0.266 e. The quantitative estimate of drug-likeness (QED) is 0.600. The van der Waals surface area contributed by atoms with Crippen LogP contribution in [-0.4, -0.2) is 28.6 Å². The number of hydrogen-bond acceptors (Lipinski definition) is 4. The molecule has 0 saturated carbocycles. The second-order valence-corrected chi connectivity index (χ2v) is 7.72. The summed E-state index contributed by atoms with van der Waals surface area (Å²) in [6.07, 6.45) is 1.98. The first-order valence-electron chi connectivity index (χ1n) is 8.78. The van der Waals surface area contributed by atoms with Gasteiger partial charge in [0.15, 0.2) is 5.17 Å². The van der Waals surface area contributed by atoms with Crippen LogP contribution in [0.3, 0.4) is 0 Å². The number of thioether (sulfide) groups is 1. The van der Waals surface area contributed by atoms with Crippen molar-refractivity contribution in [2.45, 2.75) is 26.9 Å². The first-order chi connectivity index (χ1) is 13.0. The number of rotatable bonds is 5. The van der Waals surface area contributed by atoms with E-state index in [-0.39, 0.29) is 12.0 Å². The second-order valence-electron chi connectivity index (χ2n) is 6.27. The highest BCUT2D eigenvalue weighted by molar-refractivity contribution is 8.18. The van der Waals surface area contributed by atoms with Crippen molar-refractivity contribution in [1.82, 2.24) is 4.90 Å². The van der Waals surface area contributed by atoms with Crippen LogP contribution in [-0.2, 0) is 4.79 Å². The molecule has 1 heterocycles. The first kappa shape index (κ1) is 19.5. The highest BCUT2D eigenvalue weighted by Gasteiger charge is 2.32. The summed E-state index contributed by atoms with van der Waals surface area (Å²) in [6, 6.07) is 15.0. The molecule has 27 heavy (non-hydrogen) atoms. The fourth-order valence-electron chi connectivity index (χ4n) is 2.60. The topological polar surface area (TPSA) is 41.9 Å². The van der Waals surface area contributed by atoms with Gasteiger partial charge in [-0.2, -0.15) is 0 Å². The SMILES string of the molecule is CCN1C(=O)/C(=C\c2cccc(OC(C)C)c2)SC1=Nc1ccc(Cl)cc1. The number of carbonyl (C=O) groups is 1. The molecule has 1 aliphatic rings. The van der Waals surface area contributed by atoms with Crippen LogP contribution in [0.1, 0.15) is 26.3 Å². The molecule has 0 radical (unpaired) electrons. The van der Waals surface area contributed by atoms with Crippen molar-refractivity contribution in [3.05, 3.63) is 64.0 Å². The highest BCUT2D eigenvalue weighted by atomic mass is 35.5. The zero-order valence-corrected chi connectivity index (χ0v) is 17.1. The number of benzene rings is 2. The number of halogens is 1. The van der Waals surface area contributed by atoms with Gasteiger partial charge in [0.25, 0.3) is 5.91 Å². The van der Waals surface area contributed by atoms with Gasteiger partial charge in [-0.3, -0.25) is 9.69 Å². The van der Waals surface area contributed by atoms with Gasteiger partial charge in [0.2, 0.25) is 0 Å². The summed E-state index contributed by atoms with van der Waals surface area (Å²) in [5, 5.41) is 1.33. The molecule has 0 bridgehead atoms. The van der Waals surface area contributed by atoms with Gasteiger partial charge in [-0.15, -0.1) is 0 Å². The number of likely N-dealkylation sites (N-methyl/N-ethyl adjacent to an activating group) is 1. The minimum absolute atomic E-state index is 0.0367. The lowest BCUT2D eigenvalue weighted by molar-refractivity contribution is -0.122. The molecule has 0 aromatic heterocycles. The first-order valence-corrected chi connectivity index (χ1v) is 9.98. The monoisotopic (exact) mass is 400 g/mol. The average molecular weight is 401 g/mol. The van der Waals surface area contributed by atoms with Gasteiger partial charge < -0.3 is 4.74 Å². The average Bonchev–Trinajstić information content (AvgIpc) is 2.91. The number of amidine groups is 1. The molecule has 0 N–H and O–H groups in total. The van der Waals surface area contributed by atoms with Crippen molar-refractivity contribution in [3.63, 3.8) is 0 Å². The number of amides is 1. The van der Waals surface area contributed by atoms with Crippen LogP contribution in [0.2, 0.25) is 5.02 Å². The summed E-state index contributed by atoms with van der Waals surface area (Å²) in [5.41, 5.74) is 1.69. The molecule has 0 aliphatic carbocycles. The van der Waals surface area contributed by atoms with E-state index in [9.17, 15) is 4.79 Å².